The van der Waals surface area contributed by atoms with Crippen molar-refractivity contribution in [2.75, 3.05) is 24.7 Å². The predicted octanol–water partition coefficient (Wildman–Crippen LogP) is 2.36. The summed E-state index contributed by atoms with van der Waals surface area (Å²) >= 11 is 0. The Morgan fingerprint density at radius 3 is 2.93 bits per heavy atom. The van der Waals surface area contributed by atoms with Gasteiger partial charge in [-0.15, -0.1) is 0 Å². The first-order valence-corrected chi connectivity index (χ1v) is 9.80. The topological polar surface area (TPSA) is 81.6 Å². The lowest BCUT2D eigenvalue weighted by Gasteiger charge is -2.28. The second-order valence-corrected chi connectivity index (χ2v) is 7.87. The van der Waals surface area contributed by atoms with Gasteiger partial charge < -0.3 is 14.2 Å². The second-order valence-electron chi connectivity index (χ2n) is 7.87. The Bertz CT molecular complexity index is 1010. The SMILES string of the molecule is Cc1nc([C@@H]2CCOC2)c2c(N3CCc4noc(C5CC5)c4C3)ncnn12. The minimum atomic E-state index is 0.316. The molecule has 0 bridgehead atoms. The van der Waals surface area contributed by atoms with Crippen LogP contribution < -0.4 is 4.90 Å². The van der Waals surface area contributed by atoms with E-state index in [1.165, 1.54) is 18.4 Å². The fourth-order valence-corrected chi connectivity index (χ4v) is 4.44. The first-order chi connectivity index (χ1) is 13.3. The van der Waals surface area contributed by atoms with E-state index in [-0.39, 0.29) is 0 Å². The van der Waals surface area contributed by atoms with E-state index in [9.17, 15) is 0 Å². The molecule has 3 aromatic heterocycles. The first-order valence-electron chi connectivity index (χ1n) is 9.80. The van der Waals surface area contributed by atoms with Gasteiger partial charge in [0, 0.05) is 43.5 Å². The number of hydrogen-bond donors (Lipinski definition) is 0. The zero-order chi connectivity index (χ0) is 18.0. The number of aryl methyl sites for hydroxylation is 1. The Kier molecular flexibility index (Phi) is 3.32. The molecular formula is C19H22N6O2. The molecule has 1 saturated carbocycles. The molecule has 3 aliphatic rings. The van der Waals surface area contributed by atoms with E-state index >= 15 is 0 Å². The molecule has 0 aromatic carbocycles. The zero-order valence-electron chi connectivity index (χ0n) is 15.4. The summed E-state index contributed by atoms with van der Waals surface area (Å²) in [5, 5.41) is 8.79. The normalized spacial score (nSPS) is 22.6. The average molecular weight is 366 g/mol. The number of nitrogens with zero attached hydrogens (tertiary/aromatic N) is 6. The number of anilines is 1. The highest BCUT2D eigenvalue weighted by Gasteiger charge is 2.35. The Morgan fingerprint density at radius 2 is 2.11 bits per heavy atom. The van der Waals surface area contributed by atoms with Gasteiger partial charge in [0.1, 0.15) is 23.4 Å². The molecule has 1 aliphatic carbocycles. The van der Waals surface area contributed by atoms with Crippen molar-refractivity contribution in [3.63, 3.8) is 0 Å². The highest BCUT2D eigenvalue weighted by molar-refractivity contribution is 5.73. The van der Waals surface area contributed by atoms with Crippen LogP contribution in [0.1, 0.15) is 59.6 Å². The molecule has 0 amide bonds. The van der Waals surface area contributed by atoms with Crippen molar-refractivity contribution in [3.05, 3.63) is 34.9 Å². The quantitative estimate of drug-likeness (QED) is 0.704. The molecule has 0 radical (unpaired) electrons. The molecule has 0 unspecified atom stereocenters. The van der Waals surface area contributed by atoms with Crippen molar-refractivity contribution in [2.45, 2.75) is 51.0 Å². The number of imidazole rings is 1. The van der Waals surface area contributed by atoms with E-state index < -0.39 is 0 Å². The smallest absolute Gasteiger partial charge is 0.158 e. The molecule has 2 fully saturated rings. The summed E-state index contributed by atoms with van der Waals surface area (Å²) in [5.41, 5.74) is 4.48. The van der Waals surface area contributed by atoms with Gasteiger partial charge >= 0.3 is 0 Å². The maximum absolute atomic E-state index is 5.68. The molecule has 27 heavy (non-hydrogen) atoms. The van der Waals surface area contributed by atoms with Crippen LogP contribution in [0.2, 0.25) is 0 Å². The van der Waals surface area contributed by atoms with E-state index in [4.69, 9.17) is 14.2 Å². The second kappa shape index (κ2) is 5.76. The number of fused-ring (bicyclic) bond motifs is 2. The van der Waals surface area contributed by atoms with Crippen molar-refractivity contribution in [3.8, 4) is 0 Å². The summed E-state index contributed by atoms with van der Waals surface area (Å²) in [7, 11) is 0. The molecule has 0 spiro atoms. The third-order valence-electron chi connectivity index (χ3n) is 6.03. The van der Waals surface area contributed by atoms with Gasteiger partial charge in [-0.25, -0.2) is 14.5 Å². The van der Waals surface area contributed by atoms with Crippen LogP contribution in [0, 0.1) is 6.92 Å². The van der Waals surface area contributed by atoms with Crippen LogP contribution in [0.3, 0.4) is 0 Å². The average Bonchev–Trinajstić information content (AvgIpc) is 3.10. The lowest BCUT2D eigenvalue weighted by atomic mass is 10.0. The molecule has 0 N–H and O–H groups in total. The van der Waals surface area contributed by atoms with Crippen molar-refractivity contribution >= 4 is 11.3 Å². The van der Waals surface area contributed by atoms with Gasteiger partial charge in [-0.05, 0) is 26.2 Å². The van der Waals surface area contributed by atoms with E-state index in [1.807, 2.05) is 11.4 Å². The van der Waals surface area contributed by atoms with Crippen molar-refractivity contribution in [1.29, 1.82) is 0 Å². The Balaban J connectivity index is 1.44. The van der Waals surface area contributed by atoms with Gasteiger partial charge in [-0.1, -0.05) is 5.16 Å². The van der Waals surface area contributed by atoms with Gasteiger partial charge in [0.15, 0.2) is 5.82 Å². The van der Waals surface area contributed by atoms with E-state index in [1.54, 1.807) is 6.33 Å². The summed E-state index contributed by atoms with van der Waals surface area (Å²) in [6, 6.07) is 0. The van der Waals surface area contributed by atoms with Crippen LogP contribution in [0.5, 0.6) is 0 Å². The van der Waals surface area contributed by atoms with Crippen LogP contribution in [0.4, 0.5) is 5.82 Å². The maximum Gasteiger partial charge on any atom is 0.158 e. The van der Waals surface area contributed by atoms with Crippen LogP contribution >= 0.6 is 0 Å². The summed E-state index contributed by atoms with van der Waals surface area (Å²) in [5.74, 6) is 3.83. The first kappa shape index (κ1) is 15.6. The maximum atomic E-state index is 5.68. The lowest BCUT2D eigenvalue weighted by molar-refractivity contribution is 0.193. The Morgan fingerprint density at radius 1 is 1.19 bits per heavy atom. The standard InChI is InChI=1S/C19H22N6O2/c1-11-22-16(13-5-7-26-9-13)17-19(20-10-21-25(11)17)24-6-4-15-14(8-24)18(27-23-15)12-2-3-12/h10,12-13H,2-9H2,1H3/t13-/m1/s1. The van der Waals surface area contributed by atoms with Gasteiger partial charge in [-0.2, -0.15) is 5.10 Å². The van der Waals surface area contributed by atoms with E-state index in [0.717, 1.165) is 73.5 Å². The van der Waals surface area contributed by atoms with Gasteiger partial charge in [0.2, 0.25) is 0 Å². The molecule has 1 saturated heterocycles. The highest BCUT2D eigenvalue weighted by Crippen LogP contribution is 2.44. The molecule has 140 valence electrons. The molecule has 3 aromatic rings. The molecule has 8 heteroatoms. The minimum absolute atomic E-state index is 0.316. The van der Waals surface area contributed by atoms with Crippen molar-refractivity contribution in [2.24, 2.45) is 0 Å². The minimum Gasteiger partial charge on any atom is -0.381 e. The Labute approximate surface area is 156 Å². The third-order valence-corrected chi connectivity index (χ3v) is 6.03. The molecule has 2 aliphatic heterocycles. The fraction of sp³-hybridized carbons (Fsp3) is 0.579. The van der Waals surface area contributed by atoms with Gasteiger partial charge in [0.25, 0.3) is 0 Å². The molecule has 6 rings (SSSR count). The number of rotatable bonds is 3. The number of hydrogen-bond acceptors (Lipinski definition) is 7. The summed E-state index contributed by atoms with van der Waals surface area (Å²) in [6.07, 6.45) is 5.95. The summed E-state index contributed by atoms with van der Waals surface area (Å²) < 4.78 is 13.2. The molecular weight excluding hydrogens is 344 g/mol. The highest BCUT2D eigenvalue weighted by atomic mass is 16.5. The van der Waals surface area contributed by atoms with Gasteiger partial charge in [-0.3, -0.25) is 0 Å². The summed E-state index contributed by atoms with van der Waals surface area (Å²) in [6.45, 7) is 5.19. The number of ether oxygens (including phenoxy) is 1. The molecule has 5 heterocycles. The van der Waals surface area contributed by atoms with Crippen LogP contribution in [0.25, 0.3) is 5.52 Å². The molecule has 1 atom stereocenters. The lowest BCUT2D eigenvalue weighted by Crippen LogP contribution is -2.32. The van der Waals surface area contributed by atoms with Crippen LogP contribution in [-0.4, -0.2) is 44.5 Å². The third kappa shape index (κ3) is 2.39. The fourth-order valence-electron chi connectivity index (χ4n) is 4.44. The predicted molar refractivity (Wildman–Crippen MR) is 96.9 cm³/mol. The zero-order valence-corrected chi connectivity index (χ0v) is 15.4. The summed E-state index contributed by atoms with van der Waals surface area (Å²) in [4.78, 5) is 11.9. The largest absolute Gasteiger partial charge is 0.381 e. The van der Waals surface area contributed by atoms with Crippen LogP contribution in [0.15, 0.2) is 10.9 Å². The Hall–Kier alpha value is -2.48. The molecule has 8 nitrogen and oxygen atoms in total. The van der Waals surface area contributed by atoms with Crippen molar-refractivity contribution < 1.29 is 9.26 Å². The van der Waals surface area contributed by atoms with Gasteiger partial charge in [0.05, 0.1) is 18.0 Å². The van der Waals surface area contributed by atoms with Crippen molar-refractivity contribution in [1.82, 2.24) is 24.7 Å². The monoisotopic (exact) mass is 366 g/mol. The van der Waals surface area contributed by atoms with E-state index in [2.05, 4.69) is 20.1 Å². The van der Waals surface area contributed by atoms with Crippen LogP contribution in [-0.2, 0) is 17.7 Å². The number of aromatic nitrogens is 5. The van der Waals surface area contributed by atoms with E-state index in [0.29, 0.717) is 11.8 Å².